The topological polar surface area (TPSA) is 71.1 Å². The smallest absolute Gasteiger partial charge is 0.242 e. The van der Waals surface area contributed by atoms with Crippen molar-refractivity contribution in [1.29, 1.82) is 0 Å². The van der Waals surface area contributed by atoms with Crippen molar-refractivity contribution in [2.24, 2.45) is 0 Å². The van der Waals surface area contributed by atoms with E-state index >= 15 is 0 Å². The van der Waals surface area contributed by atoms with E-state index in [9.17, 15) is 14.0 Å². The molecule has 120 valence electrons. The van der Waals surface area contributed by atoms with E-state index in [0.717, 1.165) is 6.42 Å². The molecule has 2 amide bonds. The van der Waals surface area contributed by atoms with Crippen LogP contribution in [-0.2, 0) is 16.1 Å². The number of rotatable bonds is 4. The van der Waals surface area contributed by atoms with Crippen molar-refractivity contribution in [2.75, 3.05) is 0 Å². The normalized spacial score (nSPS) is 17.6. The van der Waals surface area contributed by atoms with E-state index in [-0.39, 0.29) is 24.2 Å². The molecule has 3 rings (SSSR count). The molecule has 2 aromatic rings. The van der Waals surface area contributed by atoms with Crippen LogP contribution >= 0.6 is 11.3 Å². The molecule has 2 heterocycles. The first kappa shape index (κ1) is 15.6. The van der Waals surface area contributed by atoms with E-state index in [4.69, 9.17) is 0 Å². The molecule has 7 heteroatoms. The summed E-state index contributed by atoms with van der Waals surface area (Å²) in [4.78, 5) is 27.7. The molecule has 0 aliphatic carbocycles. The number of aromatic nitrogens is 1. The van der Waals surface area contributed by atoms with Gasteiger partial charge in [0.05, 0.1) is 12.2 Å². The van der Waals surface area contributed by atoms with Crippen LogP contribution in [0.4, 0.5) is 4.39 Å². The van der Waals surface area contributed by atoms with Crippen LogP contribution in [0.1, 0.15) is 24.3 Å². The molecule has 1 unspecified atom stereocenters. The number of hydrogen-bond donors (Lipinski definition) is 2. The molecule has 2 N–H and O–H groups in total. The molecule has 23 heavy (non-hydrogen) atoms. The second-order valence-corrected chi connectivity index (χ2v) is 6.28. The number of piperidine rings is 1. The van der Waals surface area contributed by atoms with E-state index in [1.807, 2.05) is 0 Å². The van der Waals surface area contributed by atoms with Gasteiger partial charge in [0.25, 0.3) is 0 Å². The molecule has 1 fully saturated rings. The zero-order valence-electron chi connectivity index (χ0n) is 12.3. The number of halogens is 1. The van der Waals surface area contributed by atoms with Crippen molar-refractivity contribution in [3.8, 4) is 11.3 Å². The van der Waals surface area contributed by atoms with Gasteiger partial charge in [0.15, 0.2) is 0 Å². The fourth-order valence-corrected chi connectivity index (χ4v) is 3.21. The highest BCUT2D eigenvalue weighted by molar-refractivity contribution is 7.09. The predicted molar refractivity (Wildman–Crippen MR) is 85.1 cm³/mol. The van der Waals surface area contributed by atoms with Crippen molar-refractivity contribution in [1.82, 2.24) is 15.6 Å². The molecule has 0 bridgehead atoms. The average Bonchev–Trinajstić information content (AvgIpc) is 3.02. The SMILES string of the molecule is O=C1CCCC(C(=O)NCc2nc(-c3ccccc3F)cs2)N1. The molecule has 1 aromatic carbocycles. The van der Waals surface area contributed by atoms with Crippen LogP contribution in [0.15, 0.2) is 29.6 Å². The zero-order valence-corrected chi connectivity index (χ0v) is 13.2. The summed E-state index contributed by atoms with van der Waals surface area (Å²) in [5, 5.41) is 7.90. The molecule has 0 radical (unpaired) electrons. The fraction of sp³-hybridized carbons (Fsp3) is 0.312. The summed E-state index contributed by atoms with van der Waals surface area (Å²) in [6.45, 7) is 0.268. The minimum absolute atomic E-state index is 0.0903. The maximum atomic E-state index is 13.7. The molecule has 1 atom stereocenters. The number of hydrogen-bond acceptors (Lipinski definition) is 4. The van der Waals surface area contributed by atoms with Gasteiger partial charge in [-0.15, -0.1) is 11.3 Å². The first-order valence-corrected chi connectivity index (χ1v) is 8.28. The van der Waals surface area contributed by atoms with E-state index in [0.29, 0.717) is 29.1 Å². The molecule has 1 aliphatic heterocycles. The third-order valence-corrected chi connectivity index (χ3v) is 4.51. The van der Waals surface area contributed by atoms with Crippen LogP contribution in [0, 0.1) is 5.82 Å². The Morgan fingerprint density at radius 2 is 2.26 bits per heavy atom. The summed E-state index contributed by atoms with van der Waals surface area (Å²) in [6, 6.07) is 5.98. The number of thiazole rings is 1. The van der Waals surface area contributed by atoms with Gasteiger partial charge in [-0.25, -0.2) is 9.37 Å². The lowest BCUT2D eigenvalue weighted by atomic mass is 10.0. The van der Waals surface area contributed by atoms with Gasteiger partial charge < -0.3 is 10.6 Å². The lowest BCUT2D eigenvalue weighted by Crippen LogP contribution is -2.48. The summed E-state index contributed by atoms with van der Waals surface area (Å²) >= 11 is 1.36. The van der Waals surface area contributed by atoms with Gasteiger partial charge in [0.1, 0.15) is 16.9 Å². The second-order valence-electron chi connectivity index (χ2n) is 5.34. The van der Waals surface area contributed by atoms with Gasteiger partial charge in [-0.3, -0.25) is 9.59 Å². The van der Waals surface area contributed by atoms with Gasteiger partial charge >= 0.3 is 0 Å². The Hall–Kier alpha value is -2.28. The van der Waals surface area contributed by atoms with Crippen LogP contribution < -0.4 is 10.6 Å². The van der Waals surface area contributed by atoms with Crippen LogP contribution in [0.25, 0.3) is 11.3 Å². The highest BCUT2D eigenvalue weighted by Gasteiger charge is 2.24. The van der Waals surface area contributed by atoms with Gasteiger partial charge in [0.2, 0.25) is 11.8 Å². The second kappa shape index (κ2) is 6.87. The molecule has 1 saturated heterocycles. The van der Waals surface area contributed by atoms with Crippen LogP contribution in [-0.4, -0.2) is 22.8 Å². The number of carbonyl (C=O) groups excluding carboxylic acids is 2. The van der Waals surface area contributed by atoms with Gasteiger partial charge in [-0.1, -0.05) is 12.1 Å². The van der Waals surface area contributed by atoms with E-state index in [1.54, 1.807) is 23.6 Å². The predicted octanol–water partition coefficient (Wildman–Crippen LogP) is 2.23. The standard InChI is InChI=1S/C16H16FN3O2S/c17-11-5-2-1-4-10(11)13-9-23-15(20-13)8-18-16(22)12-6-3-7-14(21)19-12/h1-2,4-5,9,12H,3,6-8H2,(H,18,22)(H,19,21). The molecular weight excluding hydrogens is 317 g/mol. The van der Waals surface area contributed by atoms with Crippen LogP contribution in [0.2, 0.25) is 0 Å². The average molecular weight is 333 g/mol. The monoisotopic (exact) mass is 333 g/mol. The number of amides is 2. The molecule has 0 saturated carbocycles. The summed E-state index contributed by atoms with van der Waals surface area (Å²) in [7, 11) is 0. The highest BCUT2D eigenvalue weighted by Crippen LogP contribution is 2.24. The Morgan fingerprint density at radius 3 is 3.04 bits per heavy atom. The Kier molecular flexibility index (Phi) is 4.66. The minimum atomic E-state index is -0.470. The van der Waals surface area contributed by atoms with E-state index in [1.165, 1.54) is 17.4 Å². The Balaban J connectivity index is 1.60. The molecule has 0 spiro atoms. The molecule has 5 nitrogen and oxygen atoms in total. The highest BCUT2D eigenvalue weighted by atomic mass is 32.1. The minimum Gasteiger partial charge on any atom is -0.348 e. The summed E-state index contributed by atoms with van der Waals surface area (Å²) in [6.07, 6.45) is 1.84. The molecule has 1 aliphatic rings. The van der Waals surface area contributed by atoms with Crippen LogP contribution in [0.5, 0.6) is 0 Å². The van der Waals surface area contributed by atoms with E-state index < -0.39 is 6.04 Å². The Morgan fingerprint density at radius 1 is 1.43 bits per heavy atom. The first-order chi connectivity index (χ1) is 11.1. The van der Waals surface area contributed by atoms with Crippen LogP contribution in [0.3, 0.4) is 0 Å². The van der Waals surface area contributed by atoms with E-state index in [2.05, 4.69) is 15.6 Å². The quantitative estimate of drug-likeness (QED) is 0.901. The van der Waals surface area contributed by atoms with Gasteiger partial charge in [-0.05, 0) is 25.0 Å². The number of nitrogens with one attached hydrogen (secondary N) is 2. The summed E-state index contributed by atoms with van der Waals surface area (Å²) in [5.74, 6) is -0.619. The third kappa shape index (κ3) is 3.73. The number of nitrogens with zero attached hydrogens (tertiary/aromatic N) is 1. The molecular formula is C16H16FN3O2S. The Labute approximate surface area is 136 Å². The van der Waals surface area contributed by atoms with Crippen molar-refractivity contribution in [3.63, 3.8) is 0 Å². The molecule has 1 aromatic heterocycles. The summed E-state index contributed by atoms with van der Waals surface area (Å²) in [5.41, 5.74) is 1.00. The van der Waals surface area contributed by atoms with Gasteiger partial charge in [-0.2, -0.15) is 0 Å². The number of benzene rings is 1. The first-order valence-electron chi connectivity index (χ1n) is 7.40. The van der Waals surface area contributed by atoms with Crippen molar-refractivity contribution in [2.45, 2.75) is 31.8 Å². The lowest BCUT2D eigenvalue weighted by molar-refractivity contribution is -0.131. The van der Waals surface area contributed by atoms with Crippen molar-refractivity contribution >= 4 is 23.2 Å². The number of carbonyl (C=O) groups is 2. The maximum Gasteiger partial charge on any atom is 0.242 e. The van der Waals surface area contributed by atoms with Crippen molar-refractivity contribution < 1.29 is 14.0 Å². The maximum absolute atomic E-state index is 13.7. The fourth-order valence-electron chi connectivity index (χ4n) is 2.47. The zero-order chi connectivity index (χ0) is 16.2. The van der Waals surface area contributed by atoms with Crippen molar-refractivity contribution in [3.05, 3.63) is 40.5 Å². The third-order valence-electron chi connectivity index (χ3n) is 3.66. The Bertz CT molecular complexity index is 732. The largest absolute Gasteiger partial charge is 0.348 e. The van der Waals surface area contributed by atoms with Gasteiger partial charge in [0, 0.05) is 17.4 Å². The summed E-state index contributed by atoms with van der Waals surface area (Å²) < 4.78 is 13.7. The lowest BCUT2D eigenvalue weighted by Gasteiger charge is -2.22.